The minimum absolute atomic E-state index is 0.510. The van der Waals surface area contributed by atoms with E-state index >= 15 is 0 Å². The highest BCUT2D eigenvalue weighted by Crippen LogP contribution is 2.30. The number of hydrogen-bond acceptors (Lipinski definition) is 1. The van der Waals surface area contributed by atoms with Crippen LogP contribution in [-0.4, -0.2) is 0 Å². The van der Waals surface area contributed by atoms with Crippen LogP contribution in [-0.2, 0) is 6.54 Å². The number of nitrogens with two attached hydrogens (primary N) is 1. The summed E-state index contributed by atoms with van der Waals surface area (Å²) in [6.07, 6.45) is 0. The highest BCUT2D eigenvalue weighted by molar-refractivity contribution is 6.42. The molecule has 0 saturated carbocycles. The molecule has 0 aromatic heterocycles. The molecule has 0 atom stereocenters. The van der Waals surface area contributed by atoms with Crippen molar-refractivity contribution in [2.75, 3.05) is 0 Å². The van der Waals surface area contributed by atoms with Gasteiger partial charge in [-0.1, -0.05) is 53.5 Å². The minimum atomic E-state index is 0.510. The summed E-state index contributed by atoms with van der Waals surface area (Å²) in [5.41, 5.74) is 8.93. The van der Waals surface area contributed by atoms with Gasteiger partial charge in [-0.3, -0.25) is 0 Å². The average molecular weight is 252 g/mol. The fourth-order valence-corrected chi connectivity index (χ4v) is 1.94. The first-order valence-corrected chi connectivity index (χ1v) is 5.71. The summed E-state index contributed by atoms with van der Waals surface area (Å²) in [7, 11) is 0. The second-order valence-electron chi connectivity index (χ2n) is 3.49. The average Bonchev–Trinajstić information content (AvgIpc) is 2.32. The molecule has 0 aliphatic carbocycles. The molecular weight excluding hydrogens is 241 g/mol. The Hall–Kier alpha value is -1.02. The van der Waals surface area contributed by atoms with E-state index in [9.17, 15) is 0 Å². The van der Waals surface area contributed by atoms with E-state index in [-0.39, 0.29) is 0 Å². The third-order valence-electron chi connectivity index (χ3n) is 2.47. The first kappa shape index (κ1) is 11.5. The van der Waals surface area contributed by atoms with Crippen molar-refractivity contribution in [3.8, 4) is 11.1 Å². The molecule has 0 bridgehead atoms. The van der Waals surface area contributed by atoms with Crippen molar-refractivity contribution >= 4 is 23.2 Å². The molecule has 3 heteroatoms. The van der Waals surface area contributed by atoms with Crippen LogP contribution >= 0.6 is 23.2 Å². The van der Waals surface area contributed by atoms with Gasteiger partial charge in [-0.05, 0) is 28.8 Å². The SMILES string of the molecule is NCc1ccccc1-c1ccc(Cl)c(Cl)c1. The van der Waals surface area contributed by atoms with Crippen molar-refractivity contribution in [2.24, 2.45) is 5.73 Å². The molecule has 1 nitrogen and oxygen atoms in total. The molecule has 0 saturated heterocycles. The molecule has 0 aliphatic heterocycles. The van der Waals surface area contributed by atoms with Gasteiger partial charge in [0.2, 0.25) is 0 Å². The van der Waals surface area contributed by atoms with E-state index in [2.05, 4.69) is 0 Å². The van der Waals surface area contributed by atoms with Gasteiger partial charge in [0.25, 0.3) is 0 Å². The Morgan fingerprint density at radius 2 is 1.69 bits per heavy atom. The lowest BCUT2D eigenvalue weighted by Crippen LogP contribution is -1.98. The van der Waals surface area contributed by atoms with Crippen LogP contribution in [0.25, 0.3) is 11.1 Å². The zero-order valence-corrected chi connectivity index (χ0v) is 10.1. The lowest BCUT2D eigenvalue weighted by atomic mass is 10.00. The highest BCUT2D eigenvalue weighted by atomic mass is 35.5. The molecule has 0 spiro atoms. The molecule has 0 radical (unpaired) electrons. The first-order valence-electron chi connectivity index (χ1n) is 4.96. The number of hydrogen-bond donors (Lipinski definition) is 1. The maximum atomic E-state index is 6.00. The normalized spacial score (nSPS) is 10.4. The molecule has 16 heavy (non-hydrogen) atoms. The van der Waals surface area contributed by atoms with Gasteiger partial charge >= 0.3 is 0 Å². The van der Waals surface area contributed by atoms with Crippen molar-refractivity contribution in [1.82, 2.24) is 0 Å². The predicted octanol–water partition coefficient (Wildman–Crippen LogP) is 4.12. The summed E-state index contributed by atoms with van der Waals surface area (Å²) in [5, 5.41) is 1.13. The quantitative estimate of drug-likeness (QED) is 0.854. The minimum Gasteiger partial charge on any atom is -0.326 e. The molecule has 2 aromatic carbocycles. The summed E-state index contributed by atoms with van der Waals surface area (Å²) in [5.74, 6) is 0. The van der Waals surface area contributed by atoms with Gasteiger partial charge in [-0.2, -0.15) is 0 Å². The number of halogens is 2. The zero-order chi connectivity index (χ0) is 11.5. The number of benzene rings is 2. The third kappa shape index (κ3) is 2.22. The Bertz CT molecular complexity index is 509. The van der Waals surface area contributed by atoms with E-state index in [1.165, 1.54) is 0 Å². The molecule has 2 aromatic rings. The molecule has 0 heterocycles. The Morgan fingerprint density at radius 1 is 0.938 bits per heavy atom. The lowest BCUT2D eigenvalue weighted by Gasteiger charge is -2.08. The fourth-order valence-electron chi connectivity index (χ4n) is 1.64. The Morgan fingerprint density at radius 3 is 2.38 bits per heavy atom. The molecule has 0 amide bonds. The van der Waals surface area contributed by atoms with Crippen LogP contribution in [0.3, 0.4) is 0 Å². The van der Waals surface area contributed by atoms with Gasteiger partial charge in [0.1, 0.15) is 0 Å². The fraction of sp³-hybridized carbons (Fsp3) is 0.0769. The van der Waals surface area contributed by atoms with Crippen LogP contribution in [0.1, 0.15) is 5.56 Å². The van der Waals surface area contributed by atoms with Gasteiger partial charge in [-0.15, -0.1) is 0 Å². The second kappa shape index (κ2) is 4.88. The van der Waals surface area contributed by atoms with E-state index in [0.29, 0.717) is 16.6 Å². The molecular formula is C13H11Cl2N. The summed E-state index contributed by atoms with van der Waals surface area (Å²) in [6.45, 7) is 0.510. The van der Waals surface area contributed by atoms with E-state index in [4.69, 9.17) is 28.9 Å². The highest BCUT2D eigenvalue weighted by Gasteiger charge is 2.05. The smallest absolute Gasteiger partial charge is 0.0598 e. The largest absolute Gasteiger partial charge is 0.326 e. The second-order valence-corrected chi connectivity index (χ2v) is 4.30. The van der Waals surface area contributed by atoms with Crippen LogP contribution in [0.15, 0.2) is 42.5 Å². The monoisotopic (exact) mass is 251 g/mol. The third-order valence-corrected chi connectivity index (χ3v) is 3.21. The van der Waals surface area contributed by atoms with Gasteiger partial charge < -0.3 is 5.73 Å². The lowest BCUT2D eigenvalue weighted by molar-refractivity contribution is 1.07. The van der Waals surface area contributed by atoms with Crippen molar-refractivity contribution in [3.05, 3.63) is 58.1 Å². The Kier molecular flexibility index (Phi) is 3.49. The van der Waals surface area contributed by atoms with Crippen molar-refractivity contribution < 1.29 is 0 Å². The predicted molar refractivity (Wildman–Crippen MR) is 69.8 cm³/mol. The molecule has 0 unspecified atom stereocenters. The summed E-state index contributed by atoms with van der Waals surface area (Å²) < 4.78 is 0. The standard InChI is InChI=1S/C13H11Cl2N/c14-12-6-5-9(7-13(12)15)11-4-2-1-3-10(11)8-16/h1-7H,8,16H2. The van der Waals surface area contributed by atoms with Gasteiger partial charge in [0, 0.05) is 6.54 Å². The summed E-state index contributed by atoms with van der Waals surface area (Å²) >= 11 is 11.9. The van der Waals surface area contributed by atoms with E-state index in [1.807, 2.05) is 36.4 Å². The van der Waals surface area contributed by atoms with E-state index < -0.39 is 0 Å². The van der Waals surface area contributed by atoms with Gasteiger partial charge in [0.15, 0.2) is 0 Å². The summed E-state index contributed by atoms with van der Waals surface area (Å²) in [4.78, 5) is 0. The molecule has 2 N–H and O–H groups in total. The maximum Gasteiger partial charge on any atom is 0.0598 e. The molecule has 0 fully saturated rings. The molecule has 2 rings (SSSR count). The van der Waals surface area contributed by atoms with Crippen LogP contribution in [0.5, 0.6) is 0 Å². The topological polar surface area (TPSA) is 26.0 Å². The summed E-state index contributed by atoms with van der Waals surface area (Å²) in [6, 6.07) is 13.6. The van der Waals surface area contributed by atoms with Crippen LogP contribution < -0.4 is 5.73 Å². The molecule has 0 aliphatic rings. The Labute approximate surface area is 105 Å². The van der Waals surface area contributed by atoms with Crippen LogP contribution in [0, 0.1) is 0 Å². The van der Waals surface area contributed by atoms with Gasteiger partial charge in [-0.25, -0.2) is 0 Å². The number of rotatable bonds is 2. The molecule has 82 valence electrons. The van der Waals surface area contributed by atoms with Crippen LogP contribution in [0.2, 0.25) is 10.0 Å². The van der Waals surface area contributed by atoms with E-state index in [0.717, 1.165) is 16.7 Å². The van der Waals surface area contributed by atoms with Crippen molar-refractivity contribution in [3.63, 3.8) is 0 Å². The van der Waals surface area contributed by atoms with Gasteiger partial charge in [0.05, 0.1) is 10.0 Å². The maximum absolute atomic E-state index is 6.00. The van der Waals surface area contributed by atoms with Crippen molar-refractivity contribution in [2.45, 2.75) is 6.54 Å². The first-order chi connectivity index (χ1) is 7.72. The van der Waals surface area contributed by atoms with Crippen molar-refractivity contribution in [1.29, 1.82) is 0 Å². The van der Waals surface area contributed by atoms with E-state index in [1.54, 1.807) is 6.07 Å². The van der Waals surface area contributed by atoms with Crippen LogP contribution in [0.4, 0.5) is 0 Å². The zero-order valence-electron chi connectivity index (χ0n) is 8.58. The Balaban J connectivity index is 2.54.